The van der Waals surface area contributed by atoms with Gasteiger partial charge in [-0.2, -0.15) is 0 Å². The van der Waals surface area contributed by atoms with E-state index in [4.69, 9.17) is 16.0 Å². The average Bonchev–Trinajstić information content (AvgIpc) is 2.96. The predicted octanol–water partition coefficient (Wildman–Crippen LogP) is 2.89. The van der Waals surface area contributed by atoms with Crippen LogP contribution in [0.25, 0.3) is 0 Å². The first-order valence-corrected chi connectivity index (χ1v) is 6.17. The third-order valence-corrected chi connectivity index (χ3v) is 2.95. The van der Waals surface area contributed by atoms with E-state index >= 15 is 0 Å². The van der Waals surface area contributed by atoms with E-state index in [1.54, 1.807) is 17.0 Å². The number of carbonyl (C=O) groups is 1. The van der Waals surface area contributed by atoms with Crippen molar-refractivity contribution in [2.24, 2.45) is 0 Å². The van der Waals surface area contributed by atoms with Crippen LogP contribution < -0.4 is 0 Å². The van der Waals surface area contributed by atoms with Crippen molar-refractivity contribution in [2.75, 3.05) is 12.4 Å². The molecule has 82 valence electrons. The van der Waals surface area contributed by atoms with Gasteiger partial charge in [0.1, 0.15) is 0 Å². The van der Waals surface area contributed by atoms with Crippen LogP contribution in [0, 0.1) is 0 Å². The van der Waals surface area contributed by atoms with E-state index in [0.29, 0.717) is 28.9 Å². The van der Waals surface area contributed by atoms with Crippen molar-refractivity contribution in [2.45, 2.75) is 18.9 Å². The quantitative estimate of drug-likeness (QED) is 0.800. The Bertz CT molecular complexity index is 362. The minimum Gasteiger partial charge on any atom is -0.444 e. The minimum atomic E-state index is -0.0659. The molecule has 5 heteroatoms. The van der Waals surface area contributed by atoms with E-state index in [1.165, 1.54) is 0 Å². The lowest BCUT2D eigenvalue weighted by Crippen LogP contribution is -2.34. The SMILES string of the molecule is O=C(c1ccc(Br)o1)N(CCCl)C1CC1. The fourth-order valence-electron chi connectivity index (χ4n) is 1.50. The summed E-state index contributed by atoms with van der Waals surface area (Å²) in [6.07, 6.45) is 2.15. The molecule has 0 saturated heterocycles. The Labute approximate surface area is 102 Å². The van der Waals surface area contributed by atoms with Gasteiger partial charge in [0.2, 0.25) is 0 Å². The maximum atomic E-state index is 12.0. The van der Waals surface area contributed by atoms with E-state index in [0.717, 1.165) is 12.8 Å². The molecule has 1 saturated carbocycles. The molecule has 0 bridgehead atoms. The van der Waals surface area contributed by atoms with E-state index in [-0.39, 0.29) is 5.91 Å². The summed E-state index contributed by atoms with van der Waals surface area (Å²) >= 11 is 8.85. The number of amides is 1. The van der Waals surface area contributed by atoms with Crippen LogP contribution in [0.2, 0.25) is 0 Å². The van der Waals surface area contributed by atoms with Crippen LogP contribution >= 0.6 is 27.5 Å². The normalized spacial score (nSPS) is 15.3. The van der Waals surface area contributed by atoms with E-state index < -0.39 is 0 Å². The first-order valence-electron chi connectivity index (χ1n) is 4.84. The molecule has 1 fully saturated rings. The van der Waals surface area contributed by atoms with Gasteiger partial charge in [-0.15, -0.1) is 11.6 Å². The van der Waals surface area contributed by atoms with Gasteiger partial charge < -0.3 is 9.32 Å². The van der Waals surface area contributed by atoms with Crippen LogP contribution in [0.15, 0.2) is 21.2 Å². The van der Waals surface area contributed by atoms with Gasteiger partial charge in [0, 0.05) is 18.5 Å². The Hall–Kier alpha value is -0.480. The Morgan fingerprint density at radius 1 is 1.60 bits per heavy atom. The molecule has 1 aromatic rings. The van der Waals surface area contributed by atoms with Crippen molar-refractivity contribution in [3.8, 4) is 0 Å². The number of hydrogen-bond donors (Lipinski definition) is 0. The molecule has 2 rings (SSSR count). The zero-order valence-electron chi connectivity index (χ0n) is 8.08. The Morgan fingerprint density at radius 2 is 2.33 bits per heavy atom. The molecule has 1 amide bonds. The maximum absolute atomic E-state index is 12.0. The highest BCUT2D eigenvalue weighted by Crippen LogP contribution is 2.28. The molecule has 0 aromatic carbocycles. The van der Waals surface area contributed by atoms with Gasteiger partial charge in [-0.1, -0.05) is 0 Å². The molecule has 1 aromatic heterocycles. The summed E-state index contributed by atoms with van der Waals surface area (Å²) in [5, 5.41) is 0. The molecule has 1 aliphatic rings. The Balaban J connectivity index is 2.10. The summed E-state index contributed by atoms with van der Waals surface area (Å²) in [6, 6.07) is 3.76. The van der Waals surface area contributed by atoms with Crippen LogP contribution in [0.5, 0.6) is 0 Å². The van der Waals surface area contributed by atoms with Crippen molar-refractivity contribution < 1.29 is 9.21 Å². The summed E-state index contributed by atoms with van der Waals surface area (Å²) in [7, 11) is 0. The lowest BCUT2D eigenvalue weighted by atomic mass is 10.3. The summed E-state index contributed by atoms with van der Waals surface area (Å²) < 4.78 is 5.81. The lowest BCUT2D eigenvalue weighted by Gasteiger charge is -2.19. The first kappa shape index (κ1) is 11.0. The fraction of sp³-hybridized carbons (Fsp3) is 0.500. The fourth-order valence-corrected chi connectivity index (χ4v) is 1.99. The third-order valence-electron chi connectivity index (χ3n) is 2.36. The number of rotatable bonds is 4. The number of halogens is 2. The zero-order chi connectivity index (χ0) is 10.8. The van der Waals surface area contributed by atoms with Crippen LogP contribution in [-0.4, -0.2) is 29.3 Å². The molecule has 3 nitrogen and oxygen atoms in total. The third kappa shape index (κ3) is 2.55. The molecule has 0 aliphatic heterocycles. The number of nitrogens with zero attached hydrogens (tertiary/aromatic N) is 1. The van der Waals surface area contributed by atoms with Crippen molar-refractivity contribution in [1.82, 2.24) is 4.90 Å². The standard InChI is InChI=1S/C10H11BrClNO2/c11-9-4-3-8(15-9)10(14)13(6-5-12)7-1-2-7/h3-4,7H,1-2,5-6H2. The number of alkyl halides is 1. The van der Waals surface area contributed by atoms with Crippen molar-refractivity contribution in [3.05, 3.63) is 22.6 Å². The summed E-state index contributed by atoms with van der Waals surface area (Å²) in [5.74, 6) is 0.771. The summed E-state index contributed by atoms with van der Waals surface area (Å²) in [4.78, 5) is 13.8. The van der Waals surface area contributed by atoms with Crippen LogP contribution in [0.1, 0.15) is 23.4 Å². The van der Waals surface area contributed by atoms with Gasteiger partial charge in [0.05, 0.1) is 0 Å². The van der Waals surface area contributed by atoms with Crippen LogP contribution in [-0.2, 0) is 0 Å². The highest BCUT2D eigenvalue weighted by Gasteiger charge is 2.33. The average molecular weight is 293 g/mol. The second kappa shape index (κ2) is 4.58. The number of furan rings is 1. The molecule has 0 atom stereocenters. The molecule has 0 spiro atoms. The van der Waals surface area contributed by atoms with Crippen molar-refractivity contribution in [3.63, 3.8) is 0 Å². The first-order chi connectivity index (χ1) is 7.22. The predicted molar refractivity (Wildman–Crippen MR) is 61.2 cm³/mol. The molecule has 0 unspecified atom stereocenters. The maximum Gasteiger partial charge on any atom is 0.289 e. The van der Waals surface area contributed by atoms with Gasteiger partial charge in [0.15, 0.2) is 10.4 Å². The minimum absolute atomic E-state index is 0.0659. The molecule has 1 heterocycles. The Morgan fingerprint density at radius 3 is 2.80 bits per heavy atom. The number of hydrogen-bond acceptors (Lipinski definition) is 2. The molecule has 0 radical (unpaired) electrons. The summed E-state index contributed by atoms with van der Waals surface area (Å²) in [5.41, 5.74) is 0. The second-order valence-electron chi connectivity index (χ2n) is 3.52. The van der Waals surface area contributed by atoms with Crippen LogP contribution in [0.3, 0.4) is 0 Å². The topological polar surface area (TPSA) is 33.5 Å². The van der Waals surface area contributed by atoms with E-state index in [1.807, 2.05) is 0 Å². The smallest absolute Gasteiger partial charge is 0.289 e. The van der Waals surface area contributed by atoms with Crippen molar-refractivity contribution >= 4 is 33.4 Å². The van der Waals surface area contributed by atoms with Gasteiger partial charge in [-0.05, 0) is 40.9 Å². The largest absolute Gasteiger partial charge is 0.444 e. The van der Waals surface area contributed by atoms with Crippen molar-refractivity contribution in [1.29, 1.82) is 0 Å². The molecule has 15 heavy (non-hydrogen) atoms. The van der Waals surface area contributed by atoms with E-state index in [9.17, 15) is 4.79 Å². The molecule has 1 aliphatic carbocycles. The second-order valence-corrected chi connectivity index (χ2v) is 4.68. The van der Waals surface area contributed by atoms with Gasteiger partial charge in [-0.3, -0.25) is 4.79 Å². The molecular weight excluding hydrogens is 281 g/mol. The van der Waals surface area contributed by atoms with Gasteiger partial charge in [0.25, 0.3) is 5.91 Å². The molecular formula is C10H11BrClNO2. The van der Waals surface area contributed by atoms with Gasteiger partial charge in [-0.25, -0.2) is 0 Å². The van der Waals surface area contributed by atoms with E-state index in [2.05, 4.69) is 15.9 Å². The van der Waals surface area contributed by atoms with Crippen LogP contribution in [0.4, 0.5) is 0 Å². The highest BCUT2D eigenvalue weighted by atomic mass is 79.9. The number of carbonyl (C=O) groups excluding carboxylic acids is 1. The summed E-state index contributed by atoms with van der Waals surface area (Å²) in [6.45, 7) is 0.587. The Kier molecular flexibility index (Phi) is 3.36. The zero-order valence-corrected chi connectivity index (χ0v) is 10.4. The lowest BCUT2D eigenvalue weighted by molar-refractivity contribution is 0.0720. The highest BCUT2D eigenvalue weighted by molar-refractivity contribution is 9.10. The monoisotopic (exact) mass is 291 g/mol. The van der Waals surface area contributed by atoms with Gasteiger partial charge >= 0.3 is 0 Å². The molecule has 0 N–H and O–H groups in total.